The Hall–Kier alpha value is -2.37. The van der Waals surface area contributed by atoms with E-state index in [-0.39, 0.29) is 12.4 Å². The lowest BCUT2D eigenvalue weighted by molar-refractivity contribution is 0.0527. The van der Waals surface area contributed by atoms with Gasteiger partial charge in [0.1, 0.15) is 23.1 Å². The van der Waals surface area contributed by atoms with E-state index in [1.54, 1.807) is 43.3 Å². The number of phenols is 1. The van der Waals surface area contributed by atoms with Crippen molar-refractivity contribution in [3.8, 4) is 11.5 Å². The van der Waals surface area contributed by atoms with E-state index in [9.17, 15) is 9.90 Å². The van der Waals surface area contributed by atoms with Crippen LogP contribution in [0.15, 0.2) is 36.4 Å². The van der Waals surface area contributed by atoms with Crippen molar-refractivity contribution in [2.24, 2.45) is 0 Å². The van der Waals surface area contributed by atoms with Gasteiger partial charge in [-0.2, -0.15) is 0 Å². The van der Waals surface area contributed by atoms with Crippen molar-refractivity contribution in [2.75, 3.05) is 13.2 Å². The molecule has 0 atom stereocenters. The van der Waals surface area contributed by atoms with E-state index in [4.69, 9.17) is 32.7 Å². The van der Waals surface area contributed by atoms with Crippen LogP contribution in [0.5, 0.6) is 11.5 Å². The zero-order valence-corrected chi connectivity index (χ0v) is 16.5. The summed E-state index contributed by atoms with van der Waals surface area (Å²) in [6.07, 6.45) is 0. The summed E-state index contributed by atoms with van der Waals surface area (Å²) in [5, 5.41) is 11.3. The molecule has 7 heteroatoms. The number of phenolic OH excluding ortho intramolecular Hbond substituents is 1. The average molecular weight is 408 g/mol. The minimum absolute atomic E-state index is 0.0900. The number of esters is 1. The molecule has 0 radical (unpaired) electrons. The summed E-state index contributed by atoms with van der Waals surface area (Å²) in [4.78, 5) is 12.4. The molecule has 0 aliphatic heterocycles. The lowest BCUT2D eigenvalue weighted by atomic mass is 10.1. The number of hydrogen-bond donors (Lipinski definition) is 1. The van der Waals surface area contributed by atoms with Gasteiger partial charge in [0.2, 0.25) is 0 Å². The molecule has 0 spiro atoms. The van der Waals surface area contributed by atoms with Crippen LogP contribution in [0.3, 0.4) is 0 Å². The topological polar surface area (TPSA) is 60.7 Å². The maximum absolute atomic E-state index is 12.4. The third-order valence-electron chi connectivity index (χ3n) is 4.28. The second-order valence-corrected chi connectivity index (χ2v) is 6.72. The Morgan fingerprint density at radius 1 is 1.22 bits per heavy atom. The van der Waals surface area contributed by atoms with Crippen molar-refractivity contribution >= 4 is 40.1 Å². The standard InChI is InChI=1S/C20H19Cl2NO4/c1-3-26-20(25)18-12(2)23(16-8-7-13(24)11-14(16)18)9-10-27-17-6-4-5-15(21)19(17)22/h4-8,11,24H,3,9-10H2,1-2H3. The van der Waals surface area contributed by atoms with Gasteiger partial charge >= 0.3 is 5.97 Å². The number of rotatable bonds is 6. The summed E-state index contributed by atoms with van der Waals surface area (Å²) in [6.45, 7) is 4.69. The molecule has 0 unspecified atom stereocenters. The molecule has 27 heavy (non-hydrogen) atoms. The highest BCUT2D eigenvalue weighted by Crippen LogP contribution is 2.32. The van der Waals surface area contributed by atoms with Crippen molar-refractivity contribution in [2.45, 2.75) is 20.4 Å². The van der Waals surface area contributed by atoms with Crippen LogP contribution in [-0.4, -0.2) is 28.9 Å². The second kappa shape index (κ2) is 8.11. The lowest BCUT2D eigenvalue weighted by Crippen LogP contribution is -2.11. The van der Waals surface area contributed by atoms with Gasteiger partial charge in [0, 0.05) is 16.6 Å². The highest BCUT2D eigenvalue weighted by Gasteiger charge is 2.21. The van der Waals surface area contributed by atoms with Gasteiger partial charge < -0.3 is 19.1 Å². The van der Waals surface area contributed by atoms with E-state index < -0.39 is 5.97 Å². The highest BCUT2D eigenvalue weighted by atomic mass is 35.5. The van der Waals surface area contributed by atoms with Crippen LogP contribution in [0.25, 0.3) is 10.9 Å². The second-order valence-electron chi connectivity index (χ2n) is 5.93. The fraction of sp³-hybridized carbons (Fsp3) is 0.250. The van der Waals surface area contributed by atoms with Crippen molar-refractivity contribution in [3.63, 3.8) is 0 Å². The van der Waals surface area contributed by atoms with Crippen LogP contribution >= 0.6 is 23.2 Å². The number of aromatic hydroxyl groups is 1. The fourth-order valence-electron chi connectivity index (χ4n) is 3.06. The molecule has 1 N–H and O–H groups in total. The Morgan fingerprint density at radius 2 is 2.00 bits per heavy atom. The van der Waals surface area contributed by atoms with E-state index >= 15 is 0 Å². The molecule has 0 amide bonds. The van der Waals surface area contributed by atoms with Gasteiger partial charge in [-0.05, 0) is 44.2 Å². The average Bonchev–Trinajstić information content (AvgIpc) is 2.90. The van der Waals surface area contributed by atoms with E-state index in [0.717, 1.165) is 11.2 Å². The van der Waals surface area contributed by atoms with Crippen molar-refractivity contribution in [1.29, 1.82) is 0 Å². The SMILES string of the molecule is CCOC(=O)c1c(C)n(CCOc2cccc(Cl)c2Cl)c2ccc(O)cc12. The smallest absolute Gasteiger partial charge is 0.340 e. The molecule has 3 aromatic rings. The highest BCUT2D eigenvalue weighted by molar-refractivity contribution is 6.42. The third-order valence-corrected chi connectivity index (χ3v) is 5.08. The zero-order valence-electron chi connectivity index (χ0n) is 15.0. The minimum Gasteiger partial charge on any atom is -0.508 e. The van der Waals surface area contributed by atoms with Crippen molar-refractivity contribution in [3.05, 3.63) is 57.7 Å². The fourth-order valence-corrected chi connectivity index (χ4v) is 3.41. The molecule has 0 bridgehead atoms. The summed E-state index contributed by atoms with van der Waals surface area (Å²) in [6, 6.07) is 10.1. The van der Waals surface area contributed by atoms with E-state index in [1.165, 1.54) is 0 Å². The summed E-state index contributed by atoms with van der Waals surface area (Å²) in [5.41, 5.74) is 2.01. The van der Waals surface area contributed by atoms with Gasteiger partial charge in [-0.15, -0.1) is 0 Å². The Morgan fingerprint density at radius 3 is 2.74 bits per heavy atom. The molecular formula is C20H19Cl2NO4. The number of carbonyl (C=O) groups excluding carboxylic acids is 1. The molecule has 2 aromatic carbocycles. The third kappa shape index (κ3) is 3.84. The Balaban J connectivity index is 1.91. The predicted molar refractivity (Wildman–Crippen MR) is 106 cm³/mol. The van der Waals surface area contributed by atoms with Gasteiger partial charge in [-0.3, -0.25) is 0 Å². The van der Waals surface area contributed by atoms with Crippen molar-refractivity contribution in [1.82, 2.24) is 4.57 Å². The molecule has 1 heterocycles. The monoisotopic (exact) mass is 407 g/mol. The maximum Gasteiger partial charge on any atom is 0.340 e. The Kier molecular flexibility index (Phi) is 5.82. The van der Waals surface area contributed by atoms with E-state index in [2.05, 4.69) is 0 Å². The van der Waals surface area contributed by atoms with E-state index in [1.807, 2.05) is 11.5 Å². The number of halogens is 2. The summed E-state index contributed by atoms with van der Waals surface area (Å²) >= 11 is 12.2. The molecule has 0 saturated carbocycles. The number of fused-ring (bicyclic) bond motifs is 1. The van der Waals surface area contributed by atoms with Crippen LogP contribution in [0.1, 0.15) is 23.0 Å². The minimum atomic E-state index is -0.414. The van der Waals surface area contributed by atoms with Crippen molar-refractivity contribution < 1.29 is 19.4 Å². The van der Waals surface area contributed by atoms with Crippen LogP contribution in [0, 0.1) is 6.92 Å². The van der Waals surface area contributed by atoms with Gasteiger partial charge in [-0.25, -0.2) is 4.79 Å². The van der Waals surface area contributed by atoms with Gasteiger partial charge in [0.25, 0.3) is 0 Å². The maximum atomic E-state index is 12.4. The van der Waals surface area contributed by atoms with Gasteiger partial charge in [0.15, 0.2) is 0 Å². The molecule has 0 fully saturated rings. The summed E-state index contributed by atoms with van der Waals surface area (Å²) in [7, 11) is 0. The van der Waals surface area contributed by atoms with Gasteiger partial charge in [-0.1, -0.05) is 29.3 Å². The zero-order chi connectivity index (χ0) is 19.6. The molecule has 5 nitrogen and oxygen atoms in total. The molecule has 0 aliphatic rings. The van der Waals surface area contributed by atoms with E-state index in [0.29, 0.717) is 39.9 Å². The normalized spacial score (nSPS) is 11.0. The quantitative estimate of drug-likeness (QED) is 0.569. The van der Waals surface area contributed by atoms with Crippen LogP contribution in [-0.2, 0) is 11.3 Å². The molecule has 142 valence electrons. The summed E-state index contributed by atoms with van der Waals surface area (Å²) < 4.78 is 12.9. The lowest BCUT2D eigenvalue weighted by Gasteiger charge is -2.12. The number of nitrogens with zero attached hydrogens (tertiary/aromatic N) is 1. The van der Waals surface area contributed by atoms with Crippen LogP contribution < -0.4 is 4.74 Å². The number of benzene rings is 2. The molecule has 0 aliphatic carbocycles. The first kappa shape index (κ1) is 19.4. The summed E-state index contributed by atoms with van der Waals surface area (Å²) in [5.74, 6) is 0.178. The number of carbonyl (C=O) groups is 1. The Labute approximate surface area is 167 Å². The molecule has 3 rings (SSSR count). The number of aromatic nitrogens is 1. The number of ether oxygens (including phenoxy) is 2. The molecular weight excluding hydrogens is 389 g/mol. The molecule has 1 aromatic heterocycles. The first-order valence-corrected chi connectivity index (χ1v) is 9.25. The first-order valence-electron chi connectivity index (χ1n) is 8.49. The van der Waals surface area contributed by atoms with Crippen LogP contribution in [0.2, 0.25) is 10.0 Å². The largest absolute Gasteiger partial charge is 0.508 e. The Bertz CT molecular complexity index is 997. The predicted octanol–water partition coefficient (Wildman–Crippen LogP) is 5.22. The number of hydrogen-bond acceptors (Lipinski definition) is 4. The van der Waals surface area contributed by atoms with Gasteiger partial charge in [0.05, 0.1) is 23.7 Å². The van der Waals surface area contributed by atoms with Crippen LogP contribution in [0.4, 0.5) is 0 Å². The molecule has 0 saturated heterocycles. The first-order chi connectivity index (χ1) is 12.9.